The van der Waals surface area contributed by atoms with E-state index in [-0.39, 0.29) is 6.04 Å². The summed E-state index contributed by atoms with van der Waals surface area (Å²) in [6, 6.07) is 2.14. The molecule has 0 aromatic carbocycles. The third-order valence-corrected chi connectivity index (χ3v) is 2.48. The van der Waals surface area contributed by atoms with Crippen LogP contribution in [0.2, 0.25) is 0 Å². The first-order chi connectivity index (χ1) is 8.65. The highest BCUT2D eigenvalue weighted by atomic mass is 15.2. The lowest BCUT2D eigenvalue weighted by Crippen LogP contribution is -2.22. The number of nitrogens with zero attached hydrogens (tertiary/aromatic N) is 5. The van der Waals surface area contributed by atoms with Gasteiger partial charge in [-0.25, -0.2) is 9.97 Å². The van der Waals surface area contributed by atoms with Crippen LogP contribution in [0.25, 0.3) is 0 Å². The third kappa shape index (κ3) is 3.19. The summed E-state index contributed by atoms with van der Waals surface area (Å²) in [7, 11) is 3.85. The first kappa shape index (κ1) is 12.3. The van der Waals surface area contributed by atoms with Crippen LogP contribution in [-0.4, -0.2) is 39.7 Å². The highest BCUT2D eigenvalue weighted by molar-refractivity contribution is 5.40. The average molecular weight is 246 g/mol. The Balaban J connectivity index is 1.98. The van der Waals surface area contributed by atoms with Gasteiger partial charge in [-0.1, -0.05) is 0 Å². The first-order valence-electron chi connectivity index (χ1n) is 5.88. The van der Waals surface area contributed by atoms with Gasteiger partial charge >= 0.3 is 0 Å². The molecule has 0 spiro atoms. The quantitative estimate of drug-likeness (QED) is 0.860. The lowest BCUT2D eigenvalue weighted by molar-refractivity contribution is 0.617. The maximum Gasteiger partial charge on any atom is 0.226 e. The number of hydrogen-bond acceptors (Lipinski definition) is 5. The number of nitrogens with one attached hydrogen (secondary N) is 1. The van der Waals surface area contributed by atoms with Crippen LogP contribution in [0.1, 0.15) is 6.92 Å². The summed E-state index contributed by atoms with van der Waals surface area (Å²) in [6.45, 7) is 2.96. The van der Waals surface area contributed by atoms with E-state index in [0.717, 1.165) is 12.4 Å². The summed E-state index contributed by atoms with van der Waals surface area (Å²) < 4.78 is 2.03. The number of imidazole rings is 1. The third-order valence-electron chi connectivity index (χ3n) is 2.48. The summed E-state index contributed by atoms with van der Waals surface area (Å²) in [4.78, 5) is 14.5. The van der Waals surface area contributed by atoms with Crippen molar-refractivity contribution in [3.8, 4) is 0 Å². The second kappa shape index (κ2) is 5.48. The van der Waals surface area contributed by atoms with Gasteiger partial charge in [-0.15, -0.1) is 0 Å². The standard InChI is InChI=1S/C12H18N6/c1-10(8-18-7-6-13-9-18)15-11-4-5-14-12(16-11)17(2)3/h4-7,9-10H,8H2,1-3H3,(H,14,15,16). The Morgan fingerprint density at radius 2 is 2.22 bits per heavy atom. The predicted octanol–water partition coefficient (Wildman–Crippen LogP) is 1.24. The van der Waals surface area contributed by atoms with Gasteiger partial charge in [0, 0.05) is 45.3 Å². The van der Waals surface area contributed by atoms with Crippen LogP contribution >= 0.6 is 0 Å². The second-order valence-electron chi connectivity index (χ2n) is 4.44. The minimum absolute atomic E-state index is 0.268. The fraction of sp³-hybridized carbons (Fsp3) is 0.417. The Kier molecular flexibility index (Phi) is 3.76. The van der Waals surface area contributed by atoms with Gasteiger partial charge in [-0.2, -0.15) is 4.98 Å². The number of aromatic nitrogens is 4. The van der Waals surface area contributed by atoms with E-state index < -0.39 is 0 Å². The summed E-state index contributed by atoms with van der Waals surface area (Å²) in [5, 5.41) is 3.35. The molecule has 0 radical (unpaired) electrons. The van der Waals surface area contributed by atoms with E-state index in [4.69, 9.17) is 0 Å². The number of hydrogen-bond donors (Lipinski definition) is 1. The molecule has 0 aliphatic rings. The molecule has 0 bridgehead atoms. The normalized spacial score (nSPS) is 12.2. The maximum absolute atomic E-state index is 4.42. The van der Waals surface area contributed by atoms with Gasteiger partial charge in [0.2, 0.25) is 5.95 Å². The summed E-state index contributed by atoms with van der Waals surface area (Å²) >= 11 is 0. The fourth-order valence-electron chi connectivity index (χ4n) is 1.65. The van der Waals surface area contributed by atoms with Crippen molar-refractivity contribution >= 4 is 11.8 Å². The van der Waals surface area contributed by atoms with E-state index >= 15 is 0 Å². The zero-order chi connectivity index (χ0) is 13.0. The Labute approximate surface area is 107 Å². The Morgan fingerprint density at radius 3 is 2.89 bits per heavy atom. The van der Waals surface area contributed by atoms with Gasteiger partial charge in [0.1, 0.15) is 5.82 Å². The minimum Gasteiger partial charge on any atom is -0.366 e. The van der Waals surface area contributed by atoms with Crippen LogP contribution in [-0.2, 0) is 6.54 Å². The molecule has 0 saturated heterocycles. The van der Waals surface area contributed by atoms with Crippen molar-refractivity contribution < 1.29 is 0 Å². The molecule has 96 valence electrons. The number of rotatable bonds is 5. The van der Waals surface area contributed by atoms with Crippen LogP contribution in [0.3, 0.4) is 0 Å². The van der Waals surface area contributed by atoms with Gasteiger partial charge in [0.05, 0.1) is 6.33 Å². The smallest absolute Gasteiger partial charge is 0.226 e. The molecule has 2 aromatic heterocycles. The van der Waals surface area contributed by atoms with E-state index in [1.54, 1.807) is 12.4 Å². The molecule has 2 rings (SSSR count). The lowest BCUT2D eigenvalue weighted by atomic mass is 10.3. The Morgan fingerprint density at radius 1 is 1.39 bits per heavy atom. The molecule has 1 N–H and O–H groups in total. The summed E-state index contributed by atoms with van der Waals surface area (Å²) in [6.07, 6.45) is 7.29. The summed E-state index contributed by atoms with van der Waals surface area (Å²) in [5.74, 6) is 1.54. The van der Waals surface area contributed by atoms with Gasteiger partial charge in [0.25, 0.3) is 0 Å². The highest BCUT2D eigenvalue weighted by Gasteiger charge is 2.05. The molecular weight excluding hydrogens is 228 g/mol. The molecular formula is C12H18N6. The predicted molar refractivity (Wildman–Crippen MR) is 71.7 cm³/mol. The van der Waals surface area contributed by atoms with Crippen LogP contribution in [0.15, 0.2) is 31.0 Å². The van der Waals surface area contributed by atoms with Crippen molar-refractivity contribution in [2.24, 2.45) is 0 Å². The van der Waals surface area contributed by atoms with E-state index in [9.17, 15) is 0 Å². The lowest BCUT2D eigenvalue weighted by Gasteiger charge is -2.16. The van der Waals surface area contributed by atoms with Crippen molar-refractivity contribution in [2.45, 2.75) is 19.5 Å². The van der Waals surface area contributed by atoms with E-state index in [1.165, 1.54) is 0 Å². The van der Waals surface area contributed by atoms with E-state index in [0.29, 0.717) is 5.95 Å². The van der Waals surface area contributed by atoms with Gasteiger partial charge < -0.3 is 14.8 Å². The summed E-state index contributed by atoms with van der Waals surface area (Å²) in [5.41, 5.74) is 0. The van der Waals surface area contributed by atoms with Crippen molar-refractivity contribution in [1.29, 1.82) is 0 Å². The SMILES string of the molecule is CC(Cn1ccnc1)Nc1ccnc(N(C)C)n1. The molecule has 0 saturated carbocycles. The van der Waals surface area contributed by atoms with Crippen molar-refractivity contribution in [3.63, 3.8) is 0 Å². The molecule has 6 nitrogen and oxygen atoms in total. The van der Waals surface area contributed by atoms with Crippen LogP contribution in [0.5, 0.6) is 0 Å². The minimum atomic E-state index is 0.268. The largest absolute Gasteiger partial charge is 0.366 e. The van der Waals surface area contributed by atoms with E-state index in [1.807, 2.05) is 42.2 Å². The maximum atomic E-state index is 4.42. The fourth-order valence-corrected chi connectivity index (χ4v) is 1.65. The van der Waals surface area contributed by atoms with Gasteiger partial charge in [-0.05, 0) is 13.0 Å². The Hall–Kier alpha value is -2.11. The highest BCUT2D eigenvalue weighted by Crippen LogP contribution is 2.09. The van der Waals surface area contributed by atoms with Crippen LogP contribution in [0.4, 0.5) is 11.8 Å². The first-order valence-corrected chi connectivity index (χ1v) is 5.88. The van der Waals surface area contributed by atoms with Crippen LogP contribution < -0.4 is 10.2 Å². The molecule has 2 heterocycles. The van der Waals surface area contributed by atoms with E-state index in [2.05, 4.69) is 27.2 Å². The van der Waals surface area contributed by atoms with Crippen molar-refractivity contribution in [3.05, 3.63) is 31.0 Å². The topological polar surface area (TPSA) is 58.9 Å². The molecule has 6 heteroatoms. The zero-order valence-corrected chi connectivity index (χ0v) is 10.9. The second-order valence-corrected chi connectivity index (χ2v) is 4.44. The molecule has 2 aromatic rings. The Bertz CT molecular complexity index is 479. The van der Waals surface area contributed by atoms with Crippen molar-refractivity contribution in [2.75, 3.05) is 24.3 Å². The molecule has 0 fully saturated rings. The molecule has 0 amide bonds. The number of anilines is 2. The van der Waals surface area contributed by atoms with Gasteiger partial charge in [-0.3, -0.25) is 0 Å². The van der Waals surface area contributed by atoms with Crippen LogP contribution in [0, 0.1) is 0 Å². The van der Waals surface area contributed by atoms with Gasteiger partial charge in [0.15, 0.2) is 0 Å². The zero-order valence-electron chi connectivity index (χ0n) is 10.9. The molecule has 18 heavy (non-hydrogen) atoms. The average Bonchev–Trinajstić information content (AvgIpc) is 2.82. The molecule has 0 aliphatic heterocycles. The van der Waals surface area contributed by atoms with Crippen molar-refractivity contribution in [1.82, 2.24) is 19.5 Å². The molecule has 1 atom stereocenters. The molecule has 0 aliphatic carbocycles. The monoisotopic (exact) mass is 246 g/mol. The molecule has 1 unspecified atom stereocenters.